The molecule has 0 aliphatic rings. The van der Waals surface area contributed by atoms with Crippen molar-refractivity contribution < 1.29 is 9.53 Å². The normalized spacial score (nSPS) is 10.8. The molecule has 0 unspecified atom stereocenters. The molecule has 0 radical (unpaired) electrons. The highest BCUT2D eigenvalue weighted by molar-refractivity contribution is 7.15. The molecule has 0 atom stereocenters. The maximum atomic E-state index is 11.0. The lowest BCUT2D eigenvalue weighted by atomic mass is 10.2. The molecular weight excluding hydrogens is 274 g/mol. The van der Waals surface area contributed by atoms with Gasteiger partial charge in [-0.05, 0) is 24.3 Å². The first-order valence-corrected chi connectivity index (χ1v) is 6.93. The molecule has 0 spiro atoms. The Bertz CT molecular complexity index is 758. The number of thiazole rings is 1. The molecule has 0 bridgehead atoms. The first kappa shape index (κ1) is 12.7. The Kier molecular flexibility index (Phi) is 3.15. The van der Waals surface area contributed by atoms with Gasteiger partial charge in [-0.25, -0.2) is 4.98 Å². The third-order valence-corrected chi connectivity index (χ3v) is 3.91. The van der Waals surface area contributed by atoms with E-state index in [1.807, 2.05) is 40.2 Å². The number of rotatable bonds is 4. The molecule has 3 aromatic rings. The Balaban J connectivity index is 1.99. The van der Waals surface area contributed by atoms with Gasteiger partial charge >= 0.3 is 0 Å². The van der Waals surface area contributed by atoms with Crippen LogP contribution in [0.4, 0.5) is 0 Å². The van der Waals surface area contributed by atoms with Crippen LogP contribution in [0.15, 0.2) is 35.8 Å². The van der Waals surface area contributed by atoms with Crippen molar-refractivity contribution in [2.24, 2.45) is 5.73 Å². The fraction of sp³-hybridized carbons (Fsp3) is 0.143. The summed E-state index contributed by atoms with van der Waals surface area (Å²) in [6.45, 7) is 0. The SMILES string of the molecule is COc1ccc(-c2cn3c(CC(N)=O)csc3n2)cc1. The zero-order valence-corrected chi connectivity index (χ0v) is 11.7. The van der Waals surface area contributed by atoms with E-state index in [2.05, 4.69) is 4.98 Å². The summed E-state index contributed by atoms with van der Waals surface area (Å²) in [5.74, 6) is 0.466. The number of hydrogen-bond donors (Lipinski definition) is 1. The largest absolute Gasteiger partial charge is 0.497 e. The Morgan fingerprint density at radius 1 is 1.40 bits per heavy atom. The highest BCUT2D eigenvalue weighted by Gasteiger charge is 2.11. The van der Waals surface area contributed by atoms with Crippen molar-refractivity contribution in [3.8, 4) is 17.0 Å². The van der Waals surface area contributed by atoms with E-state index in [4.69, 9.17) is 10.5 Å². The van der Waals surface area contributed by atoms with Gasteiger partial charge in [0, 0.05) is 22.8 Å². The van der Waals surface area contributed by atoms with E-state index in [0.717, 1.165) is 27.7 Å². The fourth-order valence-electron chi connectivity index (χ4n) is 2.04. The lowest BCUT2D eigenvalue weighted by Gasteiger charge is -2.00. The minimum atomic E-state index is -0.343. The number of fused-ring (bicyclic) bond motifs is 1. The van der Waals surface area contributed by atoms with Crippen molar-refractivity contribution in [2.45, 2.75) is 6.42 Å². The number of methoxy groups -OCH3 is 1. The van der Waals surface area contributed by atoms with Gasteiger partial charge < -0.3 is 10.5 Å². The Hall–Kier alpha value is -2.34. The van der Waals surface area contributed by atoms with Crippen LogP contribution in [0.25, 0.3) is 16.2 Å². The number of nitrogens with two attached hydrogens (primary N) is 1. The van der Waals surface area contributed by atoms with Crippen molar-refractivity contribution >= 4 is 22.2 Å². The number of aromatic nitrogens is 2. The van der Waals surface area contributed by atoms with Gasteiger partial charge in [0.25, 0.3) is 0 Å². The van der Waals surface area contributed by atoms with Crippen LogP contribution in [0.1, 0.15) is 5.69 Å². The van der Waals surface area contributed by atoms with Crippen molar-refractivity contribution in [2.75, 3.05) is 7.11 Å². The number of primary amides is 1. The second kappa shape index (κ2) is 4.97. The van der Waals surface area contributed by atoms with Gasteiger partial charge in [0.2, 0.25) is 5.91 Å². The molecule has 6 heteroatoms. The number of carbonyl (C=O) groups is 1. The molecule has 3 rings (SSSR count). The number of carbonyl (C=O) groups excluding carboxylic acids is 1. The Morgan fingerprint density at radius 3 is 2.80 bits per heavy atom. The lowest BCUT2D eigenvalue weighted by Crippen LogP contribution is -2.14. The number of nitrogens with zero attached hydrogens (tertiary/aromatic N) is 2. The molecule has 1 aromatic carbocycles. The summed E-state index contributed by atoms with van der Waals surface area (Å²) in [6.07, 6.45) is 2.14. The molecule has 20 heavy (non-hydrogen) atoms. The number of benzene rings is 1. The number of hydrogen-bond acceptors (Lipinski definition) is 4. The molecule has 0 saturated carbocycles. The summed E-state index contributed by atoms with van der Waals surface area (Å²) in [5, 5.41) is 1.91. The topological polar surface area (TPSA) is 69.6 Å². The average Bonchev–Trinajstić information content (AvgIpc) is 3.01. The molecule has 5 nitrogen and oxygen atoms in total. The van der Waals surface area contributed by atoms with E-state index in [0.29, 0.717) is 0 Å². The minimum absolute atomic E-state index is 0.221. The highest BCUT2D eigenvalue weighted by atomic mass is 32.1. The number of ether oxygens (including phenoxy) is 1. The summed E-state index contributed by atoms with van der Waals surface area (Å²) in [4.78, 5) is 16.4. The molecule has 0 fully saturated rings. The maximum Gasteiger partial charge on any atom is 0.223 e. The number of imidazole rings is 1. The van der Waals surface area contributed by atoms with Gasteiger partial charge in [0.05, 0.1) is 19.2 Å². The lowest BCUT2D eigenvalue weighted by molar-refractivity contribution is -0.117. The zero-order chi connectivity index (χ0) is 14.1. The standard InChI is InChI=1S/C14H13N3O2S/c1-19-11-4-2-9(3-5-11)12-7-17-10(6-13(15)18)8-20-14(17)16-12/h2-5,7-8H,6H2,1H3,(H2,15,18). The summed E-state index contributed by atoms with van der Waals surface area (Å²) in [5.41, 5.74) is 7.98. The Morgan fingerprint density at radius 2 is 2.15 bits per heavy atom. The first-order valence-electron chi connectivity index (χ1n) is 6.05. The quantitative estimate of drug-likeness (QED) is 0.799. The smallest absolute Gasteiger partial charge is 0.223 e. The van der Waals surface area contributed by atoms with Gasteiger partial charge in [-0.3, -0.25) is 9.20 Å². The van der Waals surface area contributed by atoms with Gasteiger partial charge in [-0.1, -0.05) is 0 Å². The summed E-state index contributed by atoms with van der Waals surface area (Å²) in [7, 11) is 1.64. The highest BCUT2D eigenvalue weighted by Crippen LogP contribution is 2.25. The van der Waals surface area contributed by atoms with Crippen molar-refractivity contribution in [1.29, 1.82) is 0 Å². The Labute approximate surface area is 119 Å². The van der Waals surface area contributed by atoms with Crippen LogP contribution in [0, 0.1) is 0 Å². The van der Waals surface area contributed by atoms with E-state index >= 15 is 0 Å². The van der Waals surface area contributed by atoms with E-state index in [1.165, 1.54) is 11.3 Å². The van der Waals surface area contributed by atoms with Crippen molar-refractivity contribution in [3.05, 3.63) is 41.5 Å². The van der Waals surface area contributed by atoms with Crippen LogP contribution in [-0.4, -0.2) is 22.4 Å². The van der Waals surface area contributed by atoms with Crippen LogP contribution < -0.4 is 10.5 Å². The predicted molar refractivity (Wildman–Crippen MR) is 78.0 cm³/mol. The molecular formula is C14H13N3O2S. The number of amides is 1. The van der Waals surface area contributed by atoms with Crippen LogP contribution in [0.3, 0.4) is 0 Å². The van der Waals surface area contributed by atoms with Crippen molar-refractivity contribution in [3.63, 3.8) is 0 Å². The third-order valence-electron chi connectivity index (χ3n) is 3.02. The summed E-state index contributed by atoms with van der Waals surface area (Å²) in [6, 6.07) is 7.71. The maximum absolute atomic E-state index is 11.0. The van der Waals surface area contributed by atoms with E-state index < -0.39 is 0 Å². The molecule has 2 aromatic heterocycles. The van der Waals surface area contributed by atoms with E-state index in [1.54, 1.807) is 7.11 Å². The fourth-order valence-corrected chi connectivity index (χ4v) is 2.91. The molecule has 0 aliphatic carbocycles. The summed E-state index contributed by atoms with van der Waals surface area (Å²) >= 11 is 1.50. The van der Waals surface area contributed by atoms with E-state index in [9.17, 15) is 4.79 Å². The second-order valence-corrected chi connectivity index (χ2v) is 5.21. The third kappa shape index (κ3) is 2.25. The minimum Gasteiger partial charge on any atom is -0.497 e. The molecule has 0 saturated heterocycles. The first-order chi connectivity index (χ1) is 9.67. The van der Waals surface area contributed by atoms with E-state index in [-0.39, 0.29) is 12.3 Å². The van der Waals surface area contributed by atoms with Crippen LogP contribution in [0.2, 0.25) is 0 Å². The predicted octanol–water partition coefficient (Wildman–Crippen LogP) is 2.10. The summed E-state index contributed by atoms with van der Waals surface area (Å²) < 4.78 is 7.05. The van der Waals surface area contributed by atoms with Gasteiger partial charge in [0.1, 0.15) is 5.75 Å². The molecule has 2 heterocycles. The average molecular weight is 287 g/mol. The van der Waals surface area contributed by atoms with Crippen LogP contribution in [-0.2, 0) is 11.2 Å². The monoisotopic (exact) mass is 287 g/mol. The molecule has 102 valence electrons. The van der Waals surface area contributed by atoms with Crippen LogP contribution >= 0.6 is 11.3 Å². The molecule has 2 N–H and O–H groups in total. The van der Waals surface area contributed by atoms with Crippen LogP contribution in [0.5, 0.6) is 5.75 Å². The zero-order valence-electron chi connectivity index (χ0n) is 10.9. The van der Waals surface area contributed by atoms with Gasteiger partial charge in [-0.15, -0.1) is 11.3 Å². The van der Waals surface area contributed by atoms with Crippen molar-refractivity contribution in [1.82, 2.24) is 9.38 Å². The molecule has 0 aliphatic heterocycles. The molecule has 1 amide bonds. The second-order valence-electron chi connectivity index (χ2n) is 4.38. The van der Waals surface area contributed by atoms with Gasteiger partial charge in [-0.2, -0.15) is 0 Å². The van der Waals surface area contributed by atoms with Gasteiger partial charge in [0.15, 0.2) is 4.96 Å².